The highest BCUT2D eigenvalue weighted by molar-refractivity contribution is 9.10. The molecule has 1 aliphatic rings. The van der Waals surface area contributed by atoms with Gasteiger partial charge in [0, 0.05) is 36.3 Å². The zero-order valence-electron chi connectivity index (χ0n) is 20.1. The first-order valence-electron chi connectivity index (χ1n) is 12.0. The second-order valence-electron chi connectivity index (χ2n) is 8.60. The van der Waals surface area contributed by atoms with Gasteiger partial charge in [0.1, 0.15) is 12.3 Å². The summed E-state index contributed by atoms with van der Waals surface area (Å²) in [5.74, 6) is 0.245. The van der Waals surface area contributed by atoms with Gasteiger partial charge in [-0.2, -0.15) is 9.78 Å². The molecule has 0 radical (unpaired) electrons. The largest absolute Gasteiger partial charge is 0.481 e. The number of anilines is 2. The molecule has 188 valence electrons. The number of nitrogens with one attached hydrogen (secondary N) is 1. The molecule has 0 spiro atoms. The van der Waals surface area contributed by atoms with Gasteiger partial charge in [-0.25, -0.2) is 4.79 Å². The van der Waals surface area contributed by atoms with Gasteiger partial charge in [0.25, 0.3) is 0 Å². The summed E-state index contributed by atoms with van der Waals surface area (Å²) in [6.45, 7) is 2.35. The number of para-hydroxylation sites is 1. The molecule has 0 unspecified atom stereocenters. The monoisotopic (exact) mass is 559 g/mol. The molecule has 5 rings (SSSR count). The van der Waals surface area contributed by atoms with Crippen molar-refractivity contribution in [1.29, 1.82) is 0 Å². The minimum atomic E-state index is -0.325. The Morgan fingerprint density at radius 2 is 1.62 bits per heavy atom. The molecule has 1 fully saturated rings. The maximum Gasteiger partial charge on any atom is 0.321 e. The van der Waals surface area contributed by atoms with Gasteiger partial charge in [0.15, 0.2) is 0 Å². The molecule has 1 aliphatic heterocycles. The number of halogens is 1. The van der Waals surface area contributed by atoms with Gasteiger partial charge in [0.2, 0.25) is 5.75 Å². The minimum absolute atomic E-state index is 0.157. The van der Waals surface area contributed by atoms with Gasteiger partial charge in [-0.05, 0) is 35.9 Å². The highest BCUT2D eigenvalue weighted by Gasteiger charge is 2.26. The number of aromatic nitrogens is 2. The topological polar surface area (TPSA) is 79.7 Å². The van der Waals surface area contributed by atoms with Crippen LogP contribution in [0.3, 0.4) is 0 Å². The molecule has 2 amide bonds. The minimum Gasteiger partial charge on any atom is -0.481 e. The van der Waals surface area contributed by atoms with E-state index in [0.717, 1.165) is 15.7 Å². The summed E-state index contributed by atoms with van der Waals surface area (Å²) in [6, 6.07) is 26.3. The summed E-state index contributed by atoms with van der Waals surface area (Å²) in [5, 5.41) is 7.38. The van der Waals surface area contributed by atoms with Crippen molar-refractivity contribution in [3.8, 4) is 11.4 Å². The molecule has 0 saturated carbocycles. The maximum atomic E-state index is 13.5. The normalized spacial score (nSPS) is 13.3. The number of hydrogen-bond donors (Lipinski definition) is 1. The zero-order valence-corrected chi connectivity index (χ0v) is 21.7. The summed E-state index contributed by atoms with van der Waals surface area (Å²) in [5.41, 5.74) is 2.66. The van der Waals surface area contributed by atoms with Crippen molar-refractivity contribution in [2.24, 2.45) is 0 Å². The van der Waals surface area contributed by atoms with E-state index in [0.29, 0.717) is 37.6 Å². The lowest BCUT2D eigenvalue weighted by Crippen LogP contribution is -2.50. The standard InChI is InChI=1S/C28H26BrN5O3/c29-22-10-7-11-23(18-22)31-28(36)33-16-14-32(15-17-33)25-19-30-34(24-12-5-2-6-13-24)27(35)26(25)37-20-21-8-3-1-4-9-21/h1-13,18-19H,14-17,20H2,(H,31,36). The van der Waals surface area contributed by atoms with E-state index in [2.05, 4.69) is 26.3 Å². The summed E-state index contributed by atoms with van der Waals surface area (Å²) in [4.78, 5) is 30.1. The molecule has 37 heavy (non-hydrogen) atoms. The molecule has 2 heterocycles. The van der Waals surface area contributed by atoms with Gasteiger partial charge in [-0.15, -0.1) is 0 Å². The van der Waals surface area contributed by atoms with Crippen molar-refractivity contribution >= 4 is 33.3 Å². The molecule has 0 bridgehead atoms. The quantitative estimate of drug-likeness (QED) is 0.362. The van der Waals surface area contributed by atoms with E-state index in [1.807, 2.05) is 89.8 Å². The number of carbonyl (C=O) groups is 1. The van der Waals surface area contributed by atoms with Crippen LogP contribution in [0, 0.1) is 0 Å². The van der Waals surface area contributed by atoms with Crippen LogP contribution in [-0.2, 0) is 6.61 Å². The highest BCUT2D eigenvalue weighted by atomic mass is 79.9. The maximum absolute atomic E-state index is 13.5. The zero-order chi connectivity index (χ0) is 25.6. The second-order valence-corrected chi connectivity index (χ2v) is 9.52. The van der Waals surface area contributed by atoms with Crippen molar-refractivity contribution in [2.45, 2.75) is 6.61 Å². The lowest BCUT2D eigenvalue weighted by atomic mass is 10.2. The van der Waals surface area contributed by atoms with Gasteiger partial charge < -0.3 is 19.9 Å². The van der Waals surface area contributed by atoms with Crippen LogP contribution in [0.1, 0.15) is 5.56 Å². The second kappa shape index (κ2) is 11.3. The number of piperazine rings is 1. The van der Waals surface area contributed by atoms with Gasteiger partial charge in [-0.1, -0.05) is 70.5 Å². The number of benzene rings is 3. The van der Waals surface area contributed by atoms with Crippen LogP contribution in [0.25, 0.3) is 5.69 Å². The van der Waals surface area contributed by atoms with Crippen LogP contribution >= 0.6 is 15.9 Å². The lowest BCUT2D eigenvalue weighted by Gasteiger charge is -2.36. The Morgan fingerprint density at radius 3 is 2.32 bits per heavy atom. The van der Waals surface area contributed by atoms with Crippen LogP contribution in [0.2, 0.25) is 0 Å². The molecular weight excluding hydrogens is 534 g/mol. The fourth-order valence-corrected chi connectivity index (χ4v) is 4.59. The van der Waals surface area contributed by atoms with Crippen molar-refractivity contribution in [3.63, 3.8) is 0 Å². The number of hydrogen-bond acceptors (Lipinski definition) is 5. The smallest absolute Gasteiger partial charge is 0.321 e. The fourth-order valence-electron chi connectivity index (χ4n) is 4.19. The van der Waals surface area contributed by atoms with Gasteiger partial charge in [0.05, 0.1) is 11.9 Å². The first-order chi connectivity index (χ1) is 18.1. The summed E-state index contributed by atoms with van der Waals surface area (Å²) >= 11 is 3.43. The predicted octanol–water partition coefficient (Wildman–Crippen LogP) is 4.93. The number of carbonyl (C=O) groups excluding carboxylic acids is 1. The molecule has 0 atom stereocenters. The number of rotatable bonds is 6. The van der Waals surface area contributed by atoms with Crippen LogP contribution in [0.4, 0.5) is 16.2 Å². The van der Waals surface area contributed by atoms with Crippen molar-refractivity contribution in [2.75, 3.05) is 36.4 Å². The summed E-state index contributed by atoms with van der Waals surface area (Å²) in [6.07, 6.45) is 1.67. The molecule has 1 aromatic heterocycles. The van der Waals surface area contributed by atoms with Crippen LogP contribution in [0.5, 0.6) is 5.75 Å². The van der Waals surface area contributed by atoms with Crippen molar-refractivity contribution < 1.29 is 9.53 Å². The first kappa shape index (κ1) is 24.6. The summed E-state index contributed by atoms with van der Waals surface area (Å²) in [7, 11) is 0. The van der Waals surface area contributed by atoms with E-state index in [9.17, 15) is 9.59 Å². The first-order valence-corrected chi connectivity index (χ1v) is 12.8. The van der Waals surface area contributed by atoms with Crippen molar-refractivity contribution in [1.82, 2.24) is 14.7 Å². The van der Waals surface area contributed by atoms with Crippen LogP contribution < -0.4 is 20.5 Å². The van der Waals surface area contributed by atoms with Gasteiger partial charge >= 0.3 is 11.6 Å². The fraction of sp³-hybridized carbons (Fsp3) is 0.179. The Hall–Kier alpha value is -4.11. The molecule has 0 aliphatic carbocycles. The Balaban J connectivity index is 1.35. The Bertz CT molecular complexity index is 1420. The Kier molecular flexibility index (Phi) is 7.51. The molecule has 1 N–H and O–H groups in total. The predicted molar refractivity (Wildman–Crippen MR) is 148 cm³/mol. The third-order valence-corrected chi connectivity index (χ3v) is 6.62. The Morgan fingerprint density at radius 1 is 0.919 bits per heavy atom. The average molecular weight is 560 g/mol. The molecule has 9 heteroatoms. The van der Waals surface area contributed by atoms with Crippen molar-refractivity contribution in [3.05, 3.63) is 112 Å². The van der Waals surface area contributed by atoms with E-state index < -0.39 is 0 Å². The molecule has 1 saturated heterocycles. The van der Waals surface area contributed by atoms with E-state index in [-0.39, 0.29) is 23.9 Å². The van der Waals surface area contributed by atoms with E-state index >= 15 is 0 Å². The van der Waals surface area contributed by atoms with E-state index in [4.69, 9.17) is 4.74 Å². The number of nitrogens with zero attached hydrogens (tertiary/aromatic N) is 4. The highest BCUT2D eigenvalue weighted by Crippen LogP contribution is 2.26. The molecular formula is C28H26BrN5O3. The van der Waals surface area contributed by atoms with Gasteiger partial charge in [-0.3, -0.25) is 4.79 Å². The molecule has 3 aromatic carbocycles. The summed E-state index contributed by atoms with van der Waals surface area (Å²) < 4.78 is 8.37. The Labute approximate surface area is 223 Å². The third kappa shape index (κ3) is 5.83. The lowest BCUT2D eigenvalue weighted by molar-refractivity contribution is 0.208. The van der Waals surface area contributed by atoms with E-state index in [1.165, 1.54) is 4.68 Å². The van der Waals surface area contributed by atoms with Crippen LogP contribution in [0.15, 0.2) is 100 Å². The number of amides is 2. The number of ether oxygens (including phenoxy) is 1. The van der Waals surface area contributed by atoms with E-state index in [1.54, 1.807) is 11.1 Å². The third-order valence-electron chi connectivity index (χ3n) is 6.12. The number of urea groups is 1. The molecule has 4 aromatic rings. The van der Waals surface area contributed by atoms with Crippen LogP contribution in [-0.4, -0.2) is 46.9 Å². The average Bonchev–Trinajstić information content (AvgIpc) is 2.93. The SMILES string of the molecule is O=C(Nc1cccc(Br)c1)N1CCN(c2cnn(-c3ccccc3)c(=O)c2OCc2ccccc2)CC1. The molecule has 8 nitrogen and oxygen atoms in total.